The predicted octanol–water partition coefficient (Wildman–Crippen LogP) is 1.16. The molecule has 0 aromatic rings. The van der Waals surface area contributed by atoms with Crippen molar-refractivity contribution >= 4 is 0 Å². The number of nitrogens with one attached hydrogen (secondary N) is 1. The molecule has 2 nitrogen and oxygen atoms in total. The second-order valence-corrected chi connectivity index (χ2v) is 3.09. The molecule has 1 saturated heterocycles. The molecule has 0 amide bonds. The molecule has 0 aliphatic carbocycles. The molecule has 1 heterocycles. The van der Waals surface area contributed by atoms with E-state index in [-0.39, 0.29) is 0 Å². The van der Waals surface area contributed by atoms with Gasteiger partial charge in [0.2, 0.25) is 0 Å². The van der Waals surface area contributed by atoms with Crippen LogP contribution >= 0.6 is 0 Å². The highest BCUT2D eigenvalue weighted by molar-refractivity contribution is 4.78. The second kappa shape index (κ2) is 3.35. The molecule has 2 heteroatoms. The van der Waals surface area contributed by atoms with Crippen LogP contribution in [0.5, 0.6) is 0 Å². The van der Waals surface area contributed by atoms with E-state index in [9.17, 15) is 0 Å². The molecule has 0 radical (unpaired) electrons. The SMILES string of the molecule is CCC1OC(C)CNC1C. The zero-order valence-corrected chi connectivity index (χ0v) is 7.05. The Morgan fingerprint density at radius 3 is 2.70 bits per heavy atom. The van der Waals surface area contributed by atoms with E-state index in [1.165, 1.54) is 0 Å². The fourth-order valence-electron chi connectivity index (χ4n) is 1.40. The van der Waals surface area contributed by atoms with Crippen LogP contribution in [0.3, 0.4) is 0 Å². The average Bonchev–Trinajstić information content (AvgIpc) is 1.94. The molecule has 1 aliphatic rings. The summed E-state index contributed by atoms with van der Waals surface area (Å²) in [5, 5.41) is 3.41. The van der Waals surface area contributed by atoms with Crippen molar-refractivity contribution in [2.45, 2.75) is 45.4 Å². The molecule has 1 N–H and O–H groups in total. The maximum absolute atomic E-state index is 5.69. The lowest BCUT2D eigenvalue weighted by molar-refractivity contribution is -0.0511. The van der Waals surface area contributed by atoms with Crippen LogP contribution in [0.1, 0.15) is 27.2 Å². The summed E-state index contributed by atoms with van der Waals surface area (Å²) in [6, 6.07) is 0.529. The van der Waals surface area contributed by atoms with E-state index < -0.39 is 0 Å². The lowest BCUT2D eigenvalue weighted by Gasteiger charge is -2.33. The molecule has 0 saturated carbocycles. The molecule has 1 rings (SSSR count). The normalized spacial score (nSPS) is 41.7. The quantitative estimate of drug-likeness (QED) is 0.594. The van der Waals surface area contributed by atoms with Gasteiger partial charge in [-0.3, -0.25) is 0 Å². The summed E-state index contributed by atoms with van der Waals surface area (Å²) in [6.45, 7) is 7.46. The summed E-state index contributed by atoms with van der Waals surface area (Å²) in [7, 11) is 0. The first kappa shape index (κ1) is 8.02. The average molecular weight is 143 g/mol. The highest BCUT2D eigenvalue weighted by Crippen LogP contribution is 2.11. The highest BCUT2D eigenvalue weighted by Gasteiger charge is 2.23. The van der Waals surface area contributed by atoms with E-state index in [0.29, 0.717) is 18.2 Å². The molecule has 3 unspecified atom stereocenters. The summed E-state index contributed by atoms with van der Waals surface area (Å²) < 4.78 is 5.69. The molecule has 10 heavy (non-hydrogen) atoms. The van der Waals surface area contributed by atoms with E-state index in [4.69, 9.17) is 4.74 Å². The molecule has 3 atom stereocenters. The lowest BCUT2D eigenvalue weighted by Crippen LogP contribution is -2.49. The van der Waals surface area contributed by atoms with Crippen molar-refractivity contribution in [3.63, 3.8) is 0 Å². The minimum Gasteiger partial charge on any atom is -0.372 e. The first-order valence-corrected chi connectivity index (χ1v) is 4.13. The molecule has 1 aliphatic heterocycles. The van der Waals surface area contributed by atoms with Crippen molar-refractivity contribution in [2.75, 3.05) is 6.54 Å². The minimum absolute atomic E-state index is 0.390. The van der Waals surface area contributed by atoms with Gasteiger partial charge in [-0.1, -0.05) is 6.92 Å². The summed E-state index contributed by atoms with van der Waals surface area (Å²) in [5.41, 5.74) is 0. The maximum atomic E-state index is 5.69. The zero-order valence-electron chi connectivity index (χ0n) is 7.05. The van der Waals surface area contributed by atoms with E-state index in [2.05, 4.69) is 26.1 Å². The Balaban J connectivity index is 2.38. The van der Waals surface area contributed by atoms with Gasteiger partial charge in [-0.25, -0.2) is 0 Å². The van der Waals surface area contributed by atoms with Gasteiger partial charge in [-0.05, 0) is 20.3 Å². The van der Waals surface area contributed by atoms with Crippen LogP contribution in [-0.2, 0) is 4.74 Å². The summed E-state index contributed by atoms with van der Waals surface area (Å²) in [6.07, 6.45) is 1.92. The molecule has 0 bridgehead atoms. The number of ether oxygens (including phenoxy) is 1. The van der Waals surface area contributed by atoms with Gasteiger partial charge in [0.25, 0.3) is 0 Å². The number of hydrogen-bond donors (Lipinski definition) is 1. The Morgan fingerprint density at radius 2 is 2.20 bits per heavy atom. The van der Waals surface area contributed by atoms with Crippen LogP contribution in [0.2, 0.25) is 0 Å². The van der Waals surface area contributed by atoms with E-state index in [1.54, 1.807) is 0 Å². The van der Waals surface area contributed by atoms with Crippen molar-refractivity contribution in [1.82, 2.24) is 5.32 Å². The molecule has 60 valence electrons. The van der Waals surface area contributed by atoms with Crippen LogP contribution in [0.4, 0.5) is 0 Å². The summed E-state index contributed by atoms with van der Waals surface area (Å²) >= 11 is 0. The minimum atomic E-state index is 0.390. The topological polar surface area (TPSA) is 21.3 Å². The smallest absolute Gasteiger partial charge is 0.0727 e. The highest BCUT2D eigenvalue weighted by atomic mass is 16.5. The molecule has 0 spiro atoms. The van der Waals surface area contributed by atoms with Gasteiger partial charge in [0, 0.05) is 12.6 Å². The van der Waals surface area contributed by atoms with Crippen LogP contribution in [0.25, 0.3) is 0 Å². The number of morpholine rings is 1. The van der Waals surface area contributed by atoms with Gasteiger partial charge in [-0.15, -0.1) is 0 Å². The van der Waals surface area contributed by atoms with Crippen LogP contribution in [0.15, 0.2) is 0 Å². The van der Waals surface area contributed by atoms with Crippen LogP contribution in [0, 0.1) is 0 Å². The van der Waals surface area contributed by atoms with Crippen molar-refractivity contribution < 1.29 is 4.74 Å². The largest absolute Gasteiger partial charge is 0.372 e. The lowest BCUT2D eigenvalue weighted by atomic mass is 10.1. The third-order valence-electron chi connectivity index (χ3n) is 2.09. The standard InChI is InChI=1S/C8H17NO/c1-4-8-7(3)9-5-6(2)10-8/h6-9H,4-5H2,1-3H3. The first-order chi connectivity index (χ1) is 4.74. The first-order valence-electron chi connectivity index (χ1n) is 4.13. The summed E-state index contributed by atoms with van der Waals surface area (Å²) in [4.78, 5) is 0. The molecular weight excluding hydrogens is 126 g/mol. The van der Waals surface area contributed by atoms with Gasteiger partial charge < -0.3 is 10.1 Å². The van der Waals surface area contributed by atoms with E-state index in [0.717, 1.165) is 13.0 Å². The monoisotopic (exact) mass is 143 g/mol. The Morgan fingerprint density at radius 1 is 1.50 bits per heavy atom. The summed E-state index contributed by atoms with van der Waals surface area (Å²) in [5.74, 6) is 0. The van der Waals surface area contributed by atoms with Gasteiger partial charge in [0.1, 0.15) is 0 Å². The predicted molar refractivity (Wildman–Crippen MR) is 42.1 cm³/mol. The Hall–Kier alpha value is -0.0800. The molecular formula is C8H17NO. The Kier molecular flexibility index (Phi) is 2.69. The Labute approximate surface area is 63.0 Å². The molecule has 1 fully saturated rings. The zero-order chi connectivity index (χ0) is 7.56. The van der Waals surface area contributed by atoms with Gasteiger partial charge in [-0.2, -0.15) is 0 Å². The van der Waals surface area contributed by atoms with E-state index in [1.807, 2.05) is 0 Å². The third-order valence-corrected chi connectivity index (χ3v) is 2.09. The van der Waals surface area contributed by atoms with E-state index >= 15 is 0 Å². The van der Waals surface area contributed by atoms with Crippen molar-refractivity contribution in [2.24, 2.45) is 0 Å². The number of rotatable bonds is 1. The maximum Gasteiger partial charge on any atom is 0.0727 e. The van der Waals surface area contributed by atoms with Crippen molar-refractivity contribution in [3.05, 3.63) is 0 Å². The van der Waals surface area contributed by atoms with Gasteiger partial charge >= 0.3 is 0 Å². The van der Waals surface area contributed by atoms with Crippen molar-refractivity contribution in [3.8, 4) is 0 Å². The van der Waals surface area contributed by atoms with Crippen LogP contribution in [-0.4, -0.2) is 24.8 Å². The van der Waals surface area contributed by atoms with Crippen LogP contribution < -0.4 is 5.32 Å². The van der Waals surface area contributed by atoms with Gasteiger partial charge in [0.15, 0.2) is 0 Å². The third kappa shape index (κ3) is 1.70. The number of hydrogen-bond acceptors (Lipinski definition) is 2. The molecule has 0 aromatic heterocycles. The fraction of sp³-hybridized carbons (Fsp3) is 1.00. The Bertz CT molecular complexity index is 105. The molecule has 0 aromatic carbocycles. The fourth-order valence-corrected chi connectivity index (χ4v) is 1.40. The second-order valence-electron chi connectivity index (χ2n) is 3.09. The van der Waals surface area contributed by atoms with Crippen molar-refractivity contribution in [1.29, 1.82) is 0 Å². The van der Waals surface area contributed by atoms with Gasteiger partial charge in [0.05, 0.1) is 12.2 Å².